The van der Waals surface area contributed by atoms with Crippen LogP contribution in [0.4, 0.5) is 5.13 Å². The summed E-state index contributed by atoms with van der Waals surface area (Å²) in [6, 6.07) is 7.65. The number of nitrogens with one attached hydrogen (secondary N) is 1. The van der Waals surface area contributed by atoms with Crippen LogP contribution in [0, 0.1) is 5.92 Å². The van der Waals surface area contributed by atoms with Gasteiger partial charge in [-0.1, -0.05) is 50.3 Å². The van der Waals surface area contributed by atoms with Crippen LogP contribution in [0.2, 0.25) is 0 Å². The Morgan fingerprint density at radius 2 is 2.12 bits per heavy atom. The molecule has 0 atom stereocenters. The molecule has 0 spiro atoms. The molecule has 0 unspecified atom stereocenters. The molecular formula is C18H23N3O2S. The number of amides is 1. The minimum Gasteiger partial charge on any atom is -0.493 e. The molecule has 5 nitrogen and oxygen atoms in total. The zero-order chi connectivity index (χ0) is 17.4. The van der Waals surface area contributed by atoms with Crippen molar-refractivity contribution in [1.29, 1.82) is 0 Å². The number of anilines is 1. The zero-order valence-corrected chi connectivity index (χ0v) is 15.1. The molecule has 1 amide bonds. The number of aromatic nitrogens is 2. The normalized spacial score (nSPS) is 11.2. The average molecular weight is 345 g/mol. The van der Waals surface area contributed by atoms with Crippen LogP contribution in [-0.4, -0.2) is 22.7 Å². The standard InChI is InChI=1S/C18H23N3O2S/c1-4-11-23-15-8-6-5-7-14(15)9-10-16(22)19-18-21-20-17(24-18)12-13(2)3/h5-10,13H,4,11-12H2,1-3H3,(H,19,21,22)/b10-9+. The lowest BCUT2D eigenvalue weighted by atomic mass is 10.1. The molecule has 0 aliphatic carbocycles. The third kappa shape index (κ3) is 5.77. The van der Waals surface area contributed by atoms with E-state index in [1.165, 1.54) is 17.4 Å². The molecule has 1 aromatic carbocycles. The Bertz CT molecular complexity index is 695. The fourth-order valence-corrected chi connectivity index (χ4v) is 2.96. The van der Waals surface area contributed by atoms with Gasteiger partial charge in [-0.25, -0.2) is 0 Å². The predicted octanol–water partition coefficient (Wildman–Crippen LogP) is 4.18. The van der Waals surface area contributed by atoms with Gasteiger partial charge in [0.15, 0.2) is 0 Å². The Balaban J connectivity index is 1.97. The van der Waals surface area contributed by atoms with Crippen molar-refractivity contribution in [3.8, 4) is 5.75 Å². The Kier molecular flexibility index (Phi) is 6.93. The molecule has 0 radical (unpaired) electrons. The number of rotatable bonds is 8. The molecule has 2 aromatic rings. The fraction of sp³-hybridized carbons (Fsp3) is 0.389. The van der Waals surface area contributed by atoms with Gasteiger partial charge < -0.3 is 4.74 Å². The highest BCUT2D eigenvalue weighted by Crippen LogP contribution is 2.20. The maximum absolute atomic E-state index is 12.0. The van der Waals surface area contributed by atoms with Gasteiger partial charge in [-0.2, -0.15) is 0 Å². The first-order valence-corrected chi connectivity index (χ1v) is 8.93. The van der Waals surface area contributed by atoms with Crippen molar-refractivity contribution in [2.24, 2.45) is 5.92 Å². The van der Waals surface area contributed by atoms with Crippen LogP contribution in [-0.2, 0) is 11.2 Å². The number of hydrogen-bond donors (Lipinski definition) is 1. The highest BCUT2D eigenvalue weighted by molar-refractivity contribution is 7.15. The van der Waals surface area contributed by atoms with Gasteiger partial charge in [0.25, 0.3) is 0 Å². The average Bonchev–Trinajstić information content (AvgIpc) is 2.97. The molecular weight excluding hydrogens is 322 g/mol. The largest absolute Gasteiger partial charge is 0.493 e. The zero-order valence-electron chi connectivity index (χ0n) is 14.3. The van der Waals surface area contributed by atoms with E-state index in [2.05, 4.69) is 36.3 Å². The van der Waals surface area contributed by atoms with Crippen LogP contribution in [0.15, 0.2) is 30.3 Å². The van der Waals surface area contributed by atoms with E-state index in [1.54, 1.807) is 6.08 Å². The molecule has 0 saturated heterocycles. The highest BCUT2D eigenvalue weighted by Gasteiger charge is 2.08. The Labute approximate surface area is 146 Å². The molecule has 0 fully saturated rings. The number of nitrogens with zero attached hydrogens (tertiary/aromatic N) is 2. The smallest absolute Gasteiger partial charge is 0.250 e. The third-order valence-corrected chi connectivity index (χ3v) is 3.94. The summed E-state index contributed by atoms with van der Waals surface area (Å²) in [7, 11) is 0. The van der Waals surface area contributed by atoms with Crippen molar-refractivity contribution in [1.82, 2.24) is 10.2 Å². The van der Waals surface area contributed by atoms with Crippen LogP contribution in [0.25, 0.3) is 6.08 Å². The molecule has 6 heteroatoms. The van der Waals surface area contributed by atoms with E-state index >= 15 is 0 Å². The van der Waals surface area contributed by atoms with Crippen molar-refractivity contribution in [3.05, 3.63) is 40.9 Å². The Morgan fingerprint density at radius 3 is 2.88 bits per heavy atom. The summed E-state index contributed by atoms with van der Waals surface area (Å²) in [6.07, 6.45) is 5.04. The second kappa shape index (κ2) is 9.17. The molecule has 0 bridgehead atoms. The number of ether oxygens (including phenoxy) is 1. The number of carbonyl (C=O) groups excluding carboxylic acids is 1. The Morgan fingerprint density at radius 1 is 1.33 bits per heavy atom. The van der Waals surface area contributed by atoms with E-state index in [4.69, 9.17) is 4.74 Å². The molecule has 0 saturated carbocycles. The number of hydrogen-bond acceptors (Lipinski definition) is 5. The van der Waals surface area contributed by atoms with Gasteiger partial charge >= 0.3 is 0 Å². The number of carbonyl (C=O) groups is 1. The van der Waals surface area contributed by atoms with Gasteiger partial charge in [-0.15, -0.1) is 10.2 Å². The molecule has 1 aromatic heterocycles. The van der Waals surface area contributed by atoms with Crippen molar-refractivity contribution in [2.45, 2.75) is 33.6 Å². The first-order valence-electron chi connectivity index (χ1n) is 8.11. The fourth-order valence-electron chi connectivity index (χ4n) is 2.01. The second-order valence-electron chi connectivity index (χ2n) is 5.81. The monoisotopic (exact) mass is 345 g/mol. The van der Waals surface area contributed by atoms with Crippen LogP contribution in [0.1, 0.15) is 37.8 Å². The molecule has 128 valence electrons. The summed E-state index contributed by atoms with van der Waals surface area (Å²) in [5, 5.41) is 12.3. The number of para-hydroxylation sites is 1. The highest BCUT2D eigenvalue weighted by atomic mass is 32.1. The molecule has 1 N–H and O–H groups in total. The summed E-state index contributed by atoms with van der Waals surface area (Å²) >= 11 is 1.41. The summed E-state index contributed by atoms with van der Waals surface area (Å²) in [5.74, 6) is 1.06. The minimum atomic E-state index is -0.229. The lowest BCUT2D eigenvalue weighted by Crippen LogP contribution is -2.07. The van der Waals surface area contributed by atoms with E-state index in [0.29, 0.717) is 17.7 Å². The van der Waals surface area contributed by atoms with Crippen molar-refractivity contribution >= 4 is 28.5 Å². The summed E-state index contributed by atoms with van der Waals surface area (Å²) in [4.78, 5) is 12.0. The minimum absolute atomic E-state index is 0.229. The number of benzene rings is 1. The molecule has 1 heterocycles. The summed E-state index contributed by atoms with van der Waals surface area (Å²) < 4.78 is 5.67. The van der Waals surface area contributed by atoms with Crippen LogP contribution in [0.5, 0.6) is 5.75 Å². The lowest BCUT2D eigenvalue weighted by Gasteiger charge is -2.07. The predicted molar refractivity (Wildman–Crippen MR) is 98.3 cm³/mol. The Hall–Kier alpha value is -2.21. The molecule has 0 aliphatic heterocycles. The van der Waals surface area contributed by atoms with Gasteiger partial charge in [0, 0.05) is 18.1 Å². The lowest BCUT2D eigenvalue weighted by molar-refractivity contribution is -0.111. The van der Waals surface area contributed by atoms with Crippen molar-refractivity contribution in [3.63, 3.8) is 0 Å². The SMILES string of the molecule is CCCOc1ccccc1/C=C/C(=O)Nc1nnc(CC(C)C)s1. The van der Waals surface area contributed by atoms with E-state index in [0.717, 1.165) is 29.2 Å². The van der Waals surface area contributed by atoms with Gasteiger partial charge in [-0.3, -0.25) is 10.1 Å². The van der Waals surface area contributed by atoms with Crippen molar-refractivity contribution < 1.29 is 9.53 Å². The van der Waals surface area contributed by atoms with Crippen LogP contribution in [0.3, 0.4) is 0 Å². The molecule has 2 rings (SSSR count). The van der Waals surface area contributed by atoms with Gasteiger partial charge in [0.05, 0.1) is 6.61 Å². The topological polar surface area (TPSA) is 64.1 Å². The van der Waals surface area contributed by atoms with Gasteiger partial charge in [-0.05, 0) is 24.5 Å². The second-order valence-corrected chi connectivity index (χ2v) is 6.87. The summed E-state index contributed by atoms with van der Waals surface area (Å²) in [5.41, 5.74) is 0.874. The first kappa shape index (κ1) is 18.1. The maximum atomic E-state index is 12.0. The molecule has 24 heavy (non-hydrogen) atoms. The first-order chi connectivity index (χ1) is 11.6. The van der Waals surface area contributed by atoms with E-state index in [9.17, 15) is 4.79 Å². The van der Waals surface area contributed by atoms with E-state index in [-0.39, 0.29) is 5.91 Å². The van der Waals surface area contributed by atoms with E-state index in [1.807, 2.05) is 24.3 Å². The van der Waals surface area contributed by atoms with Crippen molar-refractivity contribution in [2.75, 3.05) is 11.9 Å². The van der Waals surface area contributed by atoms with Gasteiger partial charge in [0.1, 0.15) is 10.8 Å². The van der Waals surface area contributed by atoms with Crippen LogP contribution >= 0.6 is 11.3 Å². The third-order valence-electron chi connectivity index (χ3n) is 3.07. The van der Waals surface area contributed by atoms with Gasteiger partial charge in [0.2, 0.25) is 11.0 Å². The van der Waals surface area contributed by atoms with E-state index < -0.39 is 0 Å². The summed E-state index contributed by atoms with van der Waals surface area (Å²) in [6.45, 7) is 6.96. The van der Waals surface area contributed by atoms with Crippen LogP contribution < -0.4 is 10.1 Å². The quantitative estimate of drug-likeness (QED) is 0.729. The molecule has 0 aliphatic rings. The maximum Gasteiger partial charge on any atom is 0.250 e.